The molecule has 4 aromatic heterocycles. The van der Waals surface area contributed by atoms with Crippen LogP contribution in [0.1, 0.15) is 80.3 Å². The number of carbonyl (C=O) groups excluding carboxylic acids is 4. The summed E-state index contributed by atoms with van der Waals surface area (Å²) in [5.41, 5.74) is 15.6. The first-order valence-corrected chi connectivity index (χ1v) is 20.7. The number of amides is 4. The Bertz CT molecular complexity index is 2670. The van der Waals surface area contributed by atoms with Gasteiger partial charge in [-0.3, -0.25) is 39.2 Å². The first-order chi connectivity index (χ1) is 30.3. The van der Waals surface area contributed by atoms with Crippen molar-refractivity contribution in [2.75, 3.05) is 57.7 Å². The summed E-state index contributed by atoms with van der Waals surface area (Å²) in [4.78, 5) is 64.1. The highest BCUT2D eigenvalue weighted by molar-refractivity contribution is 6.05. The minimum absolute atomic E-state index is 0.164. The number of hydrogen-bond acceptors (Lipinski definition) is 12. The van der Waals surface area contributed by atoms with Gasteiger partial charge in [-0.15, -0.1) is 0 Å². The van der Waals surface area contributed by atoms with Gasteiger partial charge in [0.15, 0.2) is 0 Å². The lowest BCUT2D eigenvalue weighted by Crippen LogP contribution is -2.29. The van der Waals surface area contributed by atoms with Gasteiger partial charge < -0.3 is 39.7 Å². The summed E-state index contributed by atoms with van der Waals surface area (Å²) in [6, 6.07) is 9.59. The third-order valence-corrected chi connectivity index (χ3v) is 10.4. The molecule has 0 fully saturated rings. The highest BCUT2D eigenvalue weighted by atomic mass is 16.5. The van der Waals surface area contributed by atoms with E-state index < -0.39 is 23.6 Å². The number of rotatable bonds is 22. The molecule has 0 bridgehead atoms. The highest BCUT2D eigenvalue weighted by Crippen LogP contribution is 2.33. The van der Waals surface area contributed by atoms with Gasteiger partial charge in [-0.05, 0) is 77.1 Å². The molecule has 334 valence electrons. The van der Waals surface area contributed by atoms with Crippen LogP contribution < -0.4 is 31.6 Å². The maximum absolute atomic E-state index is 13.8. The fourth-order valence-electron chi connectivity index (χ4n) is 7.30. The third kappa shape index (κ3) is 10.2. The molecule has 6 aromatic rings. The highest BCUT2D eigenvalue weighted by Gasteiger charge is 2.24. The molecular weight excluding hydrogens is 811 g/mol. The van der Waals surface area contributed by atoms with Crippen LogP contribution in [0.2, 0.25) is 0 Å². The predicted octanol–water partition coefficient (Wildman–Crippen LogP) is 4.14. The minimum atomic E-state index is -0.668. The van der Waals surface area contributed by atoms with E-state index in [0.29, 0.717) is 89.1 Å². The molecule has 0 aliphatic rings. The molecule has 0 radical (unpaired) electrons. The predicted molar refractivity (Wildman–Crippen MR) is 237 cm³/mol. The average Bonchev–Trinajstić information content (AvgIpc) is 4.03. The van der Waals surface area contributed by atoms with E-state index in [2.05, 4.69) is 32.7 Å². The van der Waals surface area contributed by atoms with Crippen LogP contribution >= 0.6 is 0 Å². The van der Waals surface area contributed by atoms with Crippen LogP contribution in [-0.2, 0) is 30.9 Å². The minimum Gasteiger partial charge on any atom is -0.494 e. The van der Waals surface area contributed by atoms with Crippen molar-refractivity contribution in [3.05, 3.63) is 82.5 Å². The topological polar surface area (TPSA) is 247 Å². The number of imidazole rings is 2. The van der Waals surface area contributed by atoms with Crippen molar-refractivity contribution in [2.45, 2.75) is 67.2 Å². The number of nitrogens with one attached hydrogen (secondary N) is 2. The Morgan fingerprint density at radius 2 is 1.19 bits per heavy atom. The second-order valence-corrected chi connectivity index (χ2v) is 14.7. The summed E-state index contributed by atoms with van der Waals surface area (Å²) >= 11 is 0. The van der Waals surface area contributed by atoms with Crippen molar-refractivity contribution in [3.63, 3.8) is 0 Å². The number of likely N-dealkylation sites (N-methyl/N-ethyl adjacent to an activating group) is 1. The Morgan fingerprint density at radius 3 is 1.63 bits per heavy atom. The monoisotopic (exact) mass is 865 g/mol. The lowest BCUT2D eigenvalue weighted by atomic mass is 10.1. The van der Waals surface area contributed by atoms with Gasteiger partial charge in [0.25, 0.3) is 11.8 Å². The molecule has 0 saturated heterocycles. The number of methoxy groups -OCH3 is 2. The summed E-state index contributed by atoms with van der Waals surface area (Å²) in [7, 11) is 3.14. The molecule has 0 aliphatic heterocycles. The van der Waals surface area contributed by atoms with Crippen molar-refractivity contribution < 1.29 is 33.4 Å². The number of allylic oxidation sites excluding steroid dienone is 2. The molecule has 20 heteroatoms. The molecule has 0 aliphatic carbocycles. The van der Waals surface area contributed by atoms with Crippen molar-refractivity contribution in [2.24, 2.45) is 11.5 Å². The number of benzene rings is 2. The molecule has 0 spiro atoms. The number of aryl methyl sites for hydroxylation is 4. The lowest BCUT2D eigenvalue weighted by Gasteiger charge is -2.20. The quantitative estimate of drug-likeness (QED) is 0.0556. The van der Waals surface area contributed by atoms with Crippen LogP contribution in [-0.4, -0.2) is 114 Å². The van der Waals surface area contributed by atoms with E-state index in [1.807, 2.05) is 32.9 Å². The number of aromatic nitrogens is 8. The molecule has 0 atom stereocenters. The summed E-state index contributed by atoms with van der Waals surface area (Å²) in [6.45, 7) is 14.1. The number of hydrogen-bond donors (Lipinski definition) is 4. The fraction of sp³-hybridized carbons (Fsp3) is 0.395. The number of fused-ring (bicyclic) bond motifs is 2. The Labute approximate surface area is 364 Å². The standard InChI is InChI=1S/C43H55N13O7/c1-8-52(17-19-61-6)14-13-18-63-35-25-29(39(45)58)23-31-37(35)54(43(47-31)49-41(60)33-21-27(5)51-56(33)10-3)16-12-11-15-53-36-30(22-28(38(44)57)24-34(36)62-7)46-42(53)48-40(59)32-20-26(4)50-55(32)9-2/h11-12,20-25H,8-10,13-19H2,1-7H3,(H2,44,57)(H2,45,58)(H,46,48,59)(H,47,49,60)/b12-11+. The molecule has 63 heavy (non-hydrogen) atoms. The van der Waals surface area contributed by atoms with Crippen molar-refractivity contribution >= 4 is 57.6 Å². The average molecular weight is 866 g/mol. The van der Waals surface area contributed by atoms with Crippen LogP contribution in [0.3, 0.4) is 0 Å². The van der Waals surface area contributed by atoms with Gasteiger partial charge in [-0.25, -0.2) is 9.97 Å². The van der Waals surface area contributed by atoms with Crippen molar-refractivity contribution in [3.8, 4) is 11.5 Å². The molecule has 6 N–H and O–H groups in total. The van der Waals surface area contributed by atoms with Crippen LogP contribution in [0.5, 0.6) is 11.5 Å². The van der Waals surface area contributed by atoms with Gasteiger partial charge in [0.2, 0.25) is 23.7 Å². The number of anilines is 2. The second kappa shape index (κ2) is 20.2. The molecule has 6 rings (SSSR count). The van der Waals surface area contributed by atoms with Gasteiger partial charge in [-0.2, -0.15) is 10.2 Å². The summed E-state index contributed by atoms with van der Waals surface area (Å²) in [6.07, 6.45) is 4.39. The van der Waals surface area contributed by atoms with E-state index >= 15 is 0 Å². The molecule has 2 aromatic carbocycles. The van der Waals surface area contributed by atoms with E-state index in [1.165, 1.54) is 19.2 Å². The van der Waals surface area contributed by atoms with Gasteiger partial charge in [0.05, 0.1) is 42.7 Å². The fourth-order valence-corrected chi connectivity index (χ4v) is 7.30. The first kappa shape index (κ1) is 45.5. The summed E-state index contributed by atoms with van der Waals surface area (Å²) in [5.74, 6) is -1.15. The summed E-state index contributed by atoms with van der Waals surface area (Å²) < 4.78 is 24.1. The van der Waals surface area contributed by atoms with Crippen molar-refractivity contribution in [1.82, 2.24) is 43.6 Å². The number of primary amides is 2. The van der Waals surface area contributed by atoms with E-state index in [1.54, 1.807) is 56.8 Å². The van der Waals surface area contributed by atoms with Gasteiger partial charge in [0, 0.05) is 57.5 Å². The largest absolute Gasteiger partial charge is 0.494 e. The molecular formula is C43H55N13O7. The van der Waals surface area contributed by atoms with E-state index in [9.17, 15) is 19.2 Å². The Morgan fingerprint density at radius 1 is 0.698 bits per heavy atom. The maximum Gasteiger partial charge on any atom is 0.276 e. The number of ether oxygens (including phenoxy) is 3. The summed E-state index contributed by atoms with van der Waals surface area (Å²) in [5, 5.41) is 14.7. The Hall–Kier alpha value is -7.06. The molecule has 4 heterocycles. The zero-order chi connectivity index (χ0) is 45.4. The smallest absolute Gasteiger partial charge is 0.276 e. The van der Waals surface area contributed by atoms with Crippen molar-refractivity contribution in [1.29, 1.82) is 0 Å². The molecule has 0 saturated carbocycles. The normalized spacial score (nSPS) is 11.6. The number of carbonyl (C=O) groups is 4. The zero-order valence-corrected chi connectivity index (χ0v) is 36.7. The third-order valence-electron chi connectivity index (χ3n) is 10.4. The zero-order valence-electron chi connectivity index (χ0n) is 36.7. The maximum atomic E-state index is 13.8. The van der Waals surface area contributed by atoms with Crippen LogP contribution in [0, 0.1) is 13.8 Å². The number of nitrogens with two attached hydrogens (primary N) is 2. The molecule has 20 nitrogen and oxygen atoms in total. The lowest BCUT2D eigenvalue weighted by molar-refractivity contribution is 0.0991. The van der Waals surface area contributed by atoms with Gasteiger partial charge >= 0.3 is 0 Å². The molecule has 0 unspecified atom stereocenters. The van der Waals surface area contributed by atoms with Gasteiger partial charge in [0.1, 0.15) is 33.9 Å². The SMILES string of the molecule is CCN(CCCOc1cc(C(N)=O)cc2nc(NC(=O)c3cc(C)nn3CC)n(C/C=C/Cn3c(NC(=O)c4cc(C)nn4CC)nc4cc(C(N)=O)cc(OC)c43)c12)CCOC. The van der Waals surface area contributed by atoms with Gasteiger partial charge in [-0.1, -0.05) is 19.1 Å². The first-order valence-electron chi connectivity index (χ1n) is 20.7. The van der Waals surface area contributed by atoms with Crippen LogP contribution in [0.25, 0.3) is 22.1 Å². The van der Waals surface area contributed by atoms with Crippen LogP contribution in [0.4, 0.5) is 11.9 Å². The Kier molecular flexibility index (Phi) is 14.6. The van der Waals surface area contributed by atoms with E-state index in [4.69, 9.17) is 35.6 Å². The van der Waals surface area contributed by atoms with E-state index in [-0.39, 0.29) is 36.1 Å². The Balaban J connectivity index is 1.39. The second-order valence-electron chi connectivity index (χ2n) is 14.7. The van der Waals surface area contributed by atoms with Crippen LogP contribution in [0.15, 0.2) is 48.6 Å². The molecule has 4 amide bonds. The van der Waals surface area contributed by atoms with E-state index in [0.717, 1.165) is 19.6 Å². The number of nitrogens with zero attached hydrogens (tertiary/aromatic N) is 9.